The molecule has 0 aliphatic carbocycles. The van der Waals surface area contributed by atoms with Crippen molar-refractivity contribution in [1.29, 1.82) is 0 Å². The number of carbonyl (C=O) groups is 2. The maximum Gasteiger partial charge on any atom is 0.251 e. The molecule has 0 fully saturated rings. The number of amides is 2. The van der Waals surface area contributed by atoms with Crippen LogP contribution in [0, 0.1) is 0 Å². The average molecular weight is 487 g/mol. The molecule has 0 saturated carbocycles. The number of benzene rings is 3. The molecule has 6 nitrogen and oxygen atoms in total. The molecular formula is C26H22N4O2S2. The predicted octanol–water partition coefficient (Wildman–Crippen LogP) is 5.41. The Labute approximate surface area is 205 Å². The monoisotopic (exact) mass is 486 g/mol. The first kappa shape index (κ1) is 22.2. The molecule has 0 aliphatic rings. The van der Waals surface area contributed by atoms with Crippen molar-refractivity contribution in [1.82, 2.24) is 14.9 Å². The van der Waals surface area contributed by atoms with E-state index in [0.29, 0.717) is 23.8 Å². The van der Waals surface area contributed by atoms with Gasteiger partial charge in [0.1, 0.15) is 0 Å². The van der Waals surface area contributed by atoms with Crippen LogP contribution in [0.25, 0.3) is 21.1 Å². The molecule has 5 aromatic rings. The zero-order chi connectivity index (χ0) is 23.3. The zero-order valence-corrected chi connectivity index (χ0v) is 19.9. The number of fused-ring (bicyclic) bond motifs is 2. The van der Waals surface area contributed by atoms with Gasteiger partial charge in [-0.05, 0) is 30.3 Å². The number of para-hydroxylation sites is 2. The third-order valence-electron chi connectivity index (χ3n) is 5.33. The molecule has 8 heteroatoms. The SMILES string of the molecule is O=C(CSc1cn(CCNC(=O)c2ccccc2)c2ccccc12)Nc1nc2ccccc2s1. The highest BCUT2D eigenvalue weighted by molar-refractivity contribution is 8.00. The summed E-state index contributed by atoms with van der Waals surface area (Å²) in [5, 5.41) is 7.59. The summed E-state index contributed by atoms with van der Waals surface area (Å²) in [7, 11) is 0. The predicted molar refractivity (Wildman–Crippen MR) is 140 cm³/mol. The van der Waals surface area contributed by atoms with Gasteiger partial charge in [0, 0.05) is 40.6 Å². The fraction of sp³-hybridized carbons (Fsp3) is 0.115. The molecule has 0 atom stereocenters. The van der Waals surface area contributed by atoms with E-state index in [1.807, 2.05) is 54.6 Å². The van der Waals surface area contributed by atoms with Gasteiger partial charge in [-0.2, -0.15) is 0 Å². The molecule has 0 unspecified atom stereocenters. The lowest BCUT2D eigenvalue weighted by molar-refractivity contribution is -0.113. The van der Waals surface area contributed by atoms with Crippen molar-refractivity contribution in [3.63, 3.8) is 0 Å². The van der Waals surface area contributed by atoms with Gasteiger partial charge in [-0.15, -0.1) is 11.8 Å². The van der Waals surface area contributed by atoms with Crippen LogP contribution in [-0.4, -0.2) is 33.7 Å². The van der Waals surface area contributed by atoms with Crippen LogP contribution in [0.3, 0.4) is 0 Å². The molecule has 0 radical (unpaired) electrons. The minimum Gasteiger partial charge on any atom is -0.350 e. The molecule has 0 saturated heterocycles. The van der Waals surface area contributed by atoms with E-state index in [4.69, 9.17) is 0 Å². The first-order valence-electron chi connectivity index (χ1n) is 10.9. The zero-order valence-electron chi connectivity index (χ0n) is 18.2. The third-order valence-corrected chi connectivity index (χ3v) is 7.32. The molecule has 2 N–H and O–H groups in total. The van der Waals surface area contributed by atoms with Gasteiger partial charge in [-0.1, -0.05) is 59.9 Å². The number of carbonyl (C=O) groups excluding carboxylic acids is 2. The molecule has 170 valence electrons. The van der Waals surface area contributed by atoms with E-state index in [0.717, 1.165) is 26.0 Å². The van der Waals surface area contributed by atoms with Crippen molar-refractivity contribution in [2.75, 3.05) is 17.6 Å². The van der Waals surface area contributed by atoms with E-state index in [-0.39, 0.29) is 17.6 Å². The molecule has 34 heavy (non-hydrogen) atoms. The van der Waals surface area contributed by atoms with Gasteiger partial charge in [0.2, 0.25) is 5.91 Å². The quantitative estimate of drug-likeness (QED) is 0.288. The van der Waals surface area contributed by atoms with Gasteiger partial charge in [0.15, 0.2) is 5.13 Å². The van der Waals surface area contributed by atoms with Gasteiger partial charge in [-0.3, -0.25) is 9.59 Å². The molecule has 3 aromatic carbocycles. The first-order valence-corrected chi connectivity index (χ1v) is 12.7. The van der Waals surface area contributed by atoms with Gasteiger partial charge in [-0.25, -0.2) is 4.98 Å². The van der Waals surface area contributed by atoms with Crippen molar-refractivity contribution in [3.05, 3.63) is 90.6 Å². The maximum absolute atomic E-state index is 12.6. The fourth-order valence-electron chi connectivity index (χ4n) is 3.72. The van der Waals surface area contributed by atoms with Gasteiger partial charge in [0.25, 0.3) is 5.91 Å². The Balaban J connectivity index is 1.22. The Morgan fingerprint density at radius 1 is 0.941 bits per heavy atom. The van der Waals surface area contributed by atoms with E-state index in [1.54, 1.807) is 12.1 Å². The summed E-state index contributed by atoms with van der Waals surface area (Å²) in [4.78, 5) is 30.4. The second-order valence-electron chi connectivity index (χ2n) is 7.65. The standard InChI is InChI=1S/C26H22N4O2S2/c31-24(29-26-28-20-11-5-7-13-22(20)34-26)17-33-23-16-30(21-12-6-4-10-19(21)23)15-14-27-25(32)18-8-2-1-3-9-18/h1-13,16H,14-15,17H2,(H,27,32)(H,28,29,31). The van der Waals surface area contributed by atoms with E-state index >= 15 is 0 Å². The normalized spacial score (nSPS) is 11.1. The molecule has 0 bridgehead atoms. The van der Waals surface area contributed by atoms with Crippen molar-refractivity contribution < 1.29 is 9.59 Å². The fourth-order valence-corrected chi connectivity index (χ4v) is 5.49. The second-order valence-corrected chi connectivity index (χ2v) is 9.70. The Hall–Kier alpha value is -3.62. The summed E-state index contributed by atoms with van der Waals surface area (Å²) in [5.74, 6) is 0.114. The van der Waals surface area contributed by atoms with Crippen LogP contribution >= 0.6 is 23.1 Å². The minimum atomic E-state index is -0.0870. The largest absolute Gasteiger partial charge is 0.350 e. The maximum atomic E-state index is 12.6. The Morgan fingerprint density at radius 2 is 1.71 bits per heavy atom. The van der Waals surface area contributed by atoms with Crippen LogP contribution in [0.2, 0.25) is 0 Å². The van der Waals surface area contributed by atoms with E-state index in [1.165, 1.54) is 23.1 Å². The lowest BCUT2D eigenvalue weighted by atomic mass is 10.2. The smallest absolute Gasteiger partial charge is 0.251 e. The Bertz CT molecular complexity index is 1430. The number of aromatic nitrogens is 2. The van der Waals surface area contributed by atoms with Crippen LogP contribution in [0.1, 0.15) is 10.4 Å². The van der Waals surface area contributed by atoms with Crippen molar-refractivity contribution in [2.24, 2.45) is 0 Å². The Kier molecular flexibility index (Phi) is 6.60. The molecular weight excluding hydrogens is 464 g/mol. The van der Waals surface area contributed by atoms with Crippen molar-refractivity contribution in [3.8, 4) is 0 Å². The molecule has 2 amide bonds. The van der Waals surface area contributed by atoms with E-state index in [9.17, 15) is 9.59 Å². The highest BCUT2D eigenvalue weighted by atomic mass is 32.2. The van der Waals surface area contributed by atoms with Gasteiger partial charge >= 0.3 is 0 Å². The second kappa shape index (κ2) is 10.1. The van der Waals surface area contributed by atoms with Crippen LogP contribution in [0.4, 0.5) is 5.13 Å². The van der Waals surface area contributed by atoms with Gasteiger partial charge in [0.05, 0.1) is 16.0 Å². The van der Waals surface area contributed by atoms with E-state index < -0.39 is 0 Å². The lowest BCUT2D eigenvalue weighted by Gasteiger charge is -2.07. The molecule has 2 aromatic heterocycles. The molecule has 0 aliphatic heterocycles. The van der Waals surface area contributed by atoms with Crippen LogP contribution < -0.4 is 10.6 Å². The summed E-state index contributed by atoms with van der Waals surface area (Å²) in [6, 6.07) is 25.1. The minimum absolute atomic E-state index is 0.0850. The number of rotatable bonds is 8. The van der Waals surface area contributed by atoms with Crippen molar-refractivity contribution in [2.45, 2.75) is 11.4 Å². The van der Waals surface area contributed by atoms with Crippen LogP contribution in [0.15, 0.2) is 90.0 Å². The topological polar surface area (TPSA) is 76.0 Å². The number of anilines is 1. The lowest BCUT2D eigenvalue weighted by Crippen LogP contribution is -2.26. The highest BCUT2D eigenvalue weighted by Crippen LogP contribution is 2.30. The third kappa shape index (κ3) is 4.98. The summed E-state index contributed by atoms with van der Waals surface area (Å²) in [6.07, 6.45) is 2.05. The molecule has 2 heterocycles. The number of nitrogens with zero attached hydrogens (tertiary/aromatic N) is 2. The average Bonchev–Trinajstić information content (AvgIpc) is 3.44. The Morgan fingerprint density at radius 3 is 2.56 bits per heavy atom. The summed E-state index contributed by atoms with van der Waals surface area (Å²) < 4.78 is 3.17. The molecule has 5 rings (SSSR count). The first-order chi connectivity index (χ1) is 16.7. The number of hydrogen-bond donors (Lipinski definition) is 2. The number of nitrogens with one attached hydrogen (secondary N) is 2. The highest BCUT2D eigenvalue weighted by Gasteiger charge is 2.13. The summed E-state index contributed by atoms with van der Waals surface area (Å²) >= 11 is 2.97. The number of thioether (sulfide) groups is 1. The summed E-state index contributed by atoms with van der Waals surface area (Å²) in [5.41, 5.74) is 2.61. The number of thiazole rings is 1. The van der Waals surface area contributed by atoms with Crippen LogP contribution in [0.5, 0.6) is 0 Å². The summed E-state index contributed by atoms with van der Waals surface area (Å²) in [6.45, 7) is 1.14. The van der Waals surface area contributed by atoms with Crippen LogP contribution in [-0.2, 0) is 11.3 Å². The van der Waals surface area contributed by atoms with Crippen molar-refractivity contribution >= 4 is 61.2 Å². The number of hydrogen-bond acceptors (Lipinski definition) is 5. The van der Waals surface area contributed by atoms with E-state index in [2.05, 4.69) is 38.5 Å². The molecule has 0 spiro atoms. The van der Waals surface area contributed by atoms with Gasteiger partial charge < -0.3 is 15.2 Å².